The van der Waals surface area contributed by atoms with Crippen LogP contribution in [0.15, 0.2) is 35.4 Å². The summed E-state index contributed by atoms with van der Waals surface area (Å²) >= 11 is 12.2. The van der Waals surface area contributed by atoms with Crippen molar-refractivity contribution >= 4 is 39.0 Å². The number of fused-ring (bicyclic) bond motifs is 1. The number of pyridine rings is 1. The highest BCUT2D eigenvalue weighted by molar-refractivity contribution is 7.92. The number of carbonyl (C=O) groups is 1. The number of benzene rings is 1. The van der Waals surface area contributed by atoms with E-state index >= 15 is 0 Å². The number of aromatic amines is 1. The molecule has 0 saturated carbocycles. The summed E-state index contributed by atoms with van der Waals surface area (Å²) in [6.07, 6.45) is 2.67. The van der Waals surface area contributed by atoms with Gasteiger partial charge in [-0.25, -0.2) is 22.6 Å². The first-order valence-corrected chi connectivity index (χ1v) is 11.2. The number of hydrogen-bond acceptors (Lipinski definition) is 5. The molecule has 2 heterocycles. The molecule has 0 radical (unpaired) electrons. The molecule has 30 heavy (non-hydrogen) atoms. The maximum Gasteiger partial charge on any atom is 0.335 e. The van der Waals surface area contributed by atoms with Crippen LogP contribution in [-0.4, -0.2) is 34.7 Å². The number of aryl methyl sites for hydroxylation is 1. The summed E-state index contributed by atoms with van der Waals surface area (Å²) in [6.45, 7) is 0. The van der Waals surface area contributed by atoms with Crippen LogP contribution in [0.5, 0.6) is 0 Å². The molecule has 3 aromatic rings. The first-order valence-electron chi connectivity index (χ1n) is 8.86. The van der Waals surface area contributed by atoms with Crippen LogP contribution in [0, 0.1) is 5.82 Å². The minimum atomic E-state index is -4.07. The molecular formula is C19H14Cl2FN3O4S. The van der Waals surface area contributed by atoms with Gasteiger partial charge in [0.05, 0.1) is 21.5 Å². The van der Waals surface area contributed by atoms with Gasteiger partial charge in [-0.1, -0.05) is 23.2 Å². The first kappa shape index (κ1) is 20.8. The second-order valence-electron chi connectivity index (χ2n) is 6.80. The Labute approximate surface area is 180 Å². The van der Waals surface area contributed by atoms with E-state index in [1.165, 1.54) is 24.4 Å². The third-order valence-corrected chi connectivity index (χ3v) is 8.07. The van der Waals surface area contributed by atoms with E-state index in [-0.39, 0.29) is 38.3 Å². The number of sulfone groups is 1. The van der Waals surface area contributed by atoms with Gasteiger partial charge >= 0.3 is 5.97 Å². The Bertz CT molecular complexity index is 1260. The van der Waals surface area contributed by atoms with Crippen molar-refractivity contribution in [1.29, 1.82) is 0 Å². The molecule has 0 aliphatic heterocycles. The number of nitrogens with one attached hydrogen (secondary N) is 1. The predicted molar refractivity (Wildman–Crippen MR) is 108 cm³/mol. The molecular weight excluding hydrogens is 456 g/mol. The standard InChI is InChI=1S/C19H14Cl2FN3O4S/c20-11-6-7-23-18(21)17(11)30(28,29)14-3-1-2-13-15(14)16(25-24-13)10-5-4-9(19(26)27)8-12(10)22/h4-8,14H,1-3H2,(H,24,25)(H,26,27). The smallest absolute Gasteiger partial charge is 0.335 e. The van der Waals surface area contributed by atoms with Gasteiger partial charge in [0.2, 0.25) is 0 Å². The van der Waals surface area contributed by atoms with E-state index in [1.807, 2.05) is 0 Å². The summed E-state index contributed by atoms with van der Waals surface area (Å²) in [6, 6.07) is 4.73. The molecule has 0 saturated heterocycles. The van der Waals surface area contributed by atoms with E-state index in [4.69, 9.17) is 28.3 Å². The van der Waals surface area contributed by atoms with E-state index in [2.05, 4.69) is 15.2 Å². The number of halogens is 3. The lowest BCUT2D eigenvalue weighted by molar-refractivity contribution is 0.0696. The lowest BCUT2D eigenvalue weighted by Crippen LogP contribution is -2.20. The zero-order valence-electron chi connectivity index (χ0n) is 15.2. The van der Waals surface area contributed by atoms with Crippen molar-refractivity contribution in [2.45, 2.75) is 29.4 Å². The fourth-order valence-electron chi connectivity index (χ4n) is 3.69. The summed E-state index contributed by atoms with van der Waals surface area (Å²) in [5, 5.41) is 14.6. The highest BCUT2D eigenvalue weighted by Crippen LogP contribution is 2.45. The van der Waals surface area contributed by atoms with Crippen LogP contribution < -0.4 is 0 Å². The molecule has 2 N–H and O–H groups in total. The molecule has 7 nitrogen and oxygen atoms in total. The highest BCUT2D eigenvalue weighted by Gasteiger charge is 2.39. The molecule has 1 unspecified atom stereocenters. The van der Waals surface area contributed by atoms with E-state index in [1.54, 1.807) is 0 Å². The van der Waals surface area contributed by atoms with Crippen molar-refractivity contribution in [1.82, 2.24) is 15.2 Å². The summed E-state index contributed by atoms with van der Waals surface area (Å²) in [4.78, 5) is 14.6. The fraction of sp³-hybridized carbons (Fsp3) is 0.211. The lowest BCUT2D eigenvalue weighted by atomic mass is 9.92. The molecule has 4 rings (SSSR count). The van der Waals surface area contributed by atoms with Crippen LogP contribution in [-0.2, 0) is 16.3 Å². The SMILES string of the molecule is O=C(O)c1ccc(-c2n[nH]c3c2C(S(=O)(=O)c2c(Cl)ccnc2Cl)CCC3)c(F)c1. The van der Waals surface area contributed by atoms with Gasteiger partial charge in [0.1, 0.15) is 15.9 Å². The zero-order chi connectivity index (χ0) is 21.6. The zero-order valence-corrected chi connectivity index (χ0v) is 17.5. The molecule has 1 atom stereocenters. The van der Waals surface area contributed by atoms with Crippen molar-refractivity contribution in [3.63, 3.8) is 0 Å². The minimum Gasteiger partial charge on any atom is -0.478 e. The van der Waals surface area contributed by atoms with Gasteiger partial charge in [-0.05, 0) is 43.5 Å². The second kappa shape index (κ2) is 7.64. The Morgan fingerprint density at radius 1 is 1.27 bits per heavy atom. The number of carboxylic acid groups (broad SMARTS) is 1. The van der Waals surface area contributed by atoms with E-state index < -0.39 is 26.9 Å². The van der Waals surface area contributed by atoms with Crippen LogP contribution in [0.4, 0.5) is 4.39 Å². The van der Waals surface area contributed by atoms with Crippen molar-refractivity contribution in [3.05, 3.63) is 63.3 Å². The third-order valence-electron chi connectivity index (χ3n) is 5.04. The Balaban J connectivity index is 1.89. The quantitative estimate of drug-likeness (QED) is 0.545. The predicted octanol–water partition coefficient (Wildman–Crippen LogP) is 4.47. The number of rotatable bonds is 4. The molecule has 0 bridgehead atoms. The maximum atomic E-state index is 14.7. The lowest BCUT2D eigenvalue weighted by Gasteiger charge is -2.24. The van der Waals surface area contributed by atoms with Gasteiger partial charge < -0.3 is 5.11 Å². The molecule has 11 heteroatoms. The third kappa shape index (κ3) is 3.36. The summed E-state index contributed by atoms with van der Waals surface area (Å²) < 4.78 is 41.7. The van der Waals surface area contributed by atoms with E-state index in [0.717, 1.165) is 6.07 Å². The number of aromatic carboxylic acids is 1. The Morgan fingerprint density at radius 3 is 2.70 bits per heavy atom. The van der Waals surface area contributed by atoms with Crippen molar-refractivity contribution in [3.8, 4) is 11.3 Å². The molecule has 0 fully saturated rings. The molecule has 1 aliphatic carbocycles. The van der Waals surface area contributed by atoms with Crippen LogP contribution in [0.2, 0.25) is 10.2 Å². The Hall–Kier alpha value is -2.49. The van der Waals surface area contributed by atoms with E-state index in [9.17, 15) is 17.6 Å². The van der Waals surface area contributed by atoms with Gasteiger partial charge in [0.15, 0.2) is 9.84 Å². The van der Waals surface area contributed by atoms with Crippen molar-refractivity contribution in [2.24, 2.45) is 0 Å². The number of H-pyrrole nitrogens is 1. The van der Waals surface area contributed by atoms with Crippen LogP contribution >= 0.6 is 23.2 Å². The normalized spacial score (nSPS) is 16.3. The van der Waals surface area contributed by atoms with Gasteiger partial charge in [-0.2, -0.15) is 5.10 Å². The molecule has 2 aromatic heterocycles. The van der Waals surface area contributed by atoms with Crippen molar-refractivity contribution < 1.29 is 22.7 Å². The number of carboxylic acids is 1. The second-order valence-corrected chi connectivity index (χ2v) is 9.64. The summed E-state index contributed by atoms with van der Waals surface area (Å²) in [5.74, 6) is -2.09. The molecule has 156 valence electrons. The summed E-state index contributed by atoms with van der Waals surface area (Å²) in [5.41, 5.74) is 0.799. The average Bonchev–Trinajstić information content (AvgIpc) is 3.11. The topological polar surface area (TPSA) is 113 Å². The monoisotopic (exact) mass is 469 g/mol. The number of aromatic nitrogens is 3. The largest absolute Gasteiger partial charge is 0.478 e. The minimum absolute atomic E-state index is 0.00276. The Morgan fingerprint density at radius 2 is 2.03 bits per heavy atom. The maximum absolute atomic E-state index is 14.7. The molecule has 1 aliphatic rings. The highest BCUT2D eigenvalue weighted by atomic mass is 35.5. The number of nitrogens with zero attached hydrogens (tertiary/aromatic N) is 2. The molecule has 0 amide bonds. The van der Waals surface area contributed by atoms with Crippen LogP contribution in [0.3, 0.4) is 0 Å². The van der Waals surface area contributed by atoms with Crippen molar-refractivity contribution in [2.75, 3.05) is 0 Å². The van der Waals surface area contributed by atoms with Gasteiger partial charge in [-0.3, -0.25) is 5.10 Å². The molecule has 0 spiro atoms. The Kier molecular flexibility index (Phi) is 5.29. The van der Waals surface area contributed by atoms with Crippen LogP contribution in [0.1, 0.15) is 39.7 Å². The average molecular weight is 470 g/mol. The van der Waals surface area contributed by atoms with Crippen LogP contribution in [0.25, 0.3) is 11.3 Å². The van der Waals surface area contributed by atoms with Gasteiger partial charge in [0, 0.05) is 23.0 Å². The molecule has 1 aromatic carbocycles. The van der Waals surface area contributed by atoms with Gasteiger partial charge in [-0.15, -0.1) is 0 Å². The number of hydrogen-bond donors (Lipinski definition) is 2. The van der Waals surface area contributed by atoms with Gasteiger partial charge in [0.25, 0.3) is 0 Å². The fourth-order valence-corrected chi connectivity index (χ4v) is 6.64. The first-order chi connectivity index (χ1) is 14.2. The van der Waals surface area contributed by atoms with E-state index in [0.29, 0.717) is 24.1 Å². The summed E-state index contributed by atoms with van der Waals surface area (Å²) in [7, 11) is -4.07.